The van der Waals surface area contributed by atoms with Gasteiger partial charge in [0, 0.05) is 0 Å². The average molecular weight is 188 g/mol. The van der Waals surface area contributed by atoms with E-state index in [0.717, 1.165) is 11.3 Å². The fourth-order valence-electron chi connectivity index (χ4n) is 1.24. The second kappa shape index (κ2) is 5.22. The van der Waals surface area contributed by atoms with E-state index in [2.05, 4.69) is 22.3 Å². The van der Waals surface area contributed by atoms with Crippen LogP contribution >= 0.6 is 0 Å². The summed E-state index contributed by atoms with van der Waals surface area (Å²) in [7, 11) is 0. The highest BCUT2D eigenvalue weighted by Crippen LogP contribution is 2.16. The summed E-state index contributed by atoms with van der Waals surface area (Å²) in [5, 5.41) is 7.00. The van der Waals surface area contributed by atoms with Crippen molar-refractivity contribution < 1.29 is 0 Å². The molecule has 0 saturated heterocycles. The van der Waals surface area contributed by atoms with Crippen LogP contribution in [0.3, 0.4) is 0 Å². The summed E-state index contributed by atoms with van der Waals surface area (Å²) in [5.74, 6) is 0. The third kappa shape index (κ3) is 2.46. The summed E-state index contributed by atoms with van der Waals surface area (Å²) in [5.41, 5.74) is 3.40. The Morgan fingerprint density at radius 1 is 1.36 bits per heavy atom. The fourth-order valence-corrected chi connectivity index (χ4v) is 1.24. The molecule has 0 radical (unpaired) electrons. The lowest BCUT2D eigenvalue weighted by atomic mass is 10.1. The number of nitrogens with one attached hydrogen (secondary N) is 1. The molecule has 0 amide bonds. The van der Waals surface area contributed by atoms with Crippen LogP contribution < -0.4 is 0 Å². The van der Waals surface area contributed by atoms with Crippen molar-refractivity contribution in [1.29, 1.82) is 0 Å². The Bertz CT molecular complexity index is 367. The Balaban J connectivity index is 3.06. The Labute approximate surface area is 85.0 Å². The first-order valence-electron chi connectivity index (χ1n) is 4.75. The van der Waals surface area contributed by atoms with Crippen LogP contribution in [0.2, 0.25) is 0 Å². The van der Waals surface area contributed by atoms with Gasteiger partial charge in [-0.15, -0.1) is 0 Å². The summed E-state index contributed by atoms with van der Waals surface area (Å²) < 4.78 is 0. The maximum Gasteiger partial charge on any atom is 0.0679 e. The first-order chi connectivity index (χ1) is 6.79. The van der Waals surface area contributed by atoms with Gasteiger partial charge in [0.25, 0.3) is 0 Å². The third-order valence-corrected chi connectivity index (χ3v) is 1.93. The normalized spacial score (nSPS) is 13.2. The van der Waals surface area contributed by atoms with Gasteiger partial charge in [-0.3, -0.25) is 5.10 Å². The van der Waals surface area contributed by atoms with E-state index in [1.807, 2.05) is 45.2 Å². The Kier molecular flexibility index (Phi) is 3.92. The van der Waals surface area contributed by atoms with E-state index in [-0.39, 0.29) is 0 Å². The third-order valence-electron chi connectivity index (χ3n) is 1.93. The van der Waals surface area contributed by atoms with Crippen LogP contribution in [0.4, 0.5) is 0 Å². The average Bonchev–Trinajstić information content (AvgIpc) is 2.59. The van der Waals surface area contributed by atoms with Crippen LogP contribution in [0.1, 0.15) is 25.1 Å². The summed E-state index contributed by atoms with van der Waals surface area (Å²) >= 11 is 0. The van der Waals surface area contributed by atoms with Crippen molar-refractivity contribution in [2.75, 3.05) is 0 Å². The van der Waals surface area contributed by atoms with Crippen molar-refractivity contribution in [3.63, 3.8) is 0 Å². The summed E-state index contributed by atoms with van der Waals surface area (Å²) in [6, 6.07) is 0. The lowest BCUT2D eigenvalue weighted by molar-refractivity contribution is 1.07. The zero-order valence-corrected chi connectivity index (χ0v) is 8.91. The monoisotopic (exact) mass is 188 g/mol. The molecule has 1 rings (SSSR count). The zero-order chi connectivity index (χ0) is 10.4. The van der Waals surface area contributed by atoms with Gasteiger partial charge in [0.2, 0.25) is 0 Å². The maximum absolute atomic E-state index is 4.01. The number of allylic oxidation sites excluding steroid dienone is 6. The Hall–Kier alpha value is -1.57. The zero-order valence-electron chi connectivity index (χ0n) is 8.91. The molecule has 0 spiro atoms. The molecule has 74 valence electrons. The van der Waals surface area contributed by atoms with Gasteiger partial charge in [0.05, 0.1) is 11.9 Å². The molecule has 0 aliphatic heterocycles. The lowest BCUT2D eigenvalue weighted by Crippen LogP contribution is -1.84. The molecule has 0 bridgehead atoms. The smallest absolute Gasteiger partial charge is 0.0679 e. The molecule has 0 fully saturated rings. The van der Waals surface area contributed by atoms with Crippen molar-refractivity contribution in [1.82, 2.24) is 10.2 Å². The molecule has 1 N–H and O–H groups in total. The van der Waals surface area contributed by atoms with Crippen LogP contribution in [0.5, 0.6) is 0 Å². The Morgan fingerprint density at radius 2 is 2.14 bits per heavy atom. The molecule has 0 aliphatic rings. The van der Waals surface area contributed by atoms with Gasteiger partial charge in [-0.2, -0.15) is 5.10 Å². The van der Waals surface area contributed by atoms with Gasteiger partial charge in [0.15, 0.2) is 0 Å². The molecule has 1 aromatic rings. The highest BCUT2D eigenvalue weighted by atomic mass is 15.1. The van der Waals surface area contributed by atoms with E-state index in [4.69, 9.17) is 0 Å². The molecule has 0 atom stereocenters. The number of nitrogens with zero attached hydrogens (tertiary/aromatic N) is 1. The molecule has 2 nitrogen and oxygen atoms in total. The van der Waals surface area contributed by atoms with E-state index in [1.54, 1.807) is 0 Å². The molecule has 1 aromatic heterocycles. The minimum absolute atomic E-state index is 1.08. The molecule has 14 heavy (non-hydrogen) atoms. The van der Waals surface area contributed by atoms with Crippen molar-refractivity contribution >= 4 is 5.57 Å². The molecule has 1 heterocycles. The second-order valence-electron chi connectivity index (χ2n) is 3.08. The van der Waals surface area contributed by atoms with Gasteiger partial charge < -0.3 is 0 Å². The number of rotatable bonds is 3. The molecule has 0 aliphatic carbocycles. The topological polar surface area (TPSA) is 28.7 Å². The number of hydrogen-bond donors (Lipinski definition) is 1. The minimum Gasteiger partial charge on any atom is -0.278 e. The van der Waals surface area contributed by atoms with E-state index >= 15 is 0 Å². The van der Waals surface area contributed by atoms with Crippen LogP contribution in [0, 0.1) is 6.92 Å². The minimum atomic E-state index is 1.08. The summed E-state index contributed by atoms with van der Waals surface area (Å²) in [4.78, 5) is 0. The van der Waals surface area contributed by atoms with E-state index in [9.17, 15) is 0 Å². The Morgan fingerprint density at radius 3 is 2.64 bits per heavy atom. The van der Waals surface area contributed by atoms with Crippen molar-refractivity contribution in [2.24, 2.45) is 0 Å². The molecule has 0 saturated carbocycles. The number of aromatic nitrogens is 2. The molecular formula is C12H16N2. The molecule has 0 unspecified atom stereocenters. The first kappa shape index (κ1) is 10.5. The molecular weight excluding hydrogens is 172 g/mol. The van der Waals surface area contributed by atoms with Crippen molar-refractivity contribution in [2.45, 2.75) is 20.8 Å². The van der Waals surface area contributed by atoms with E-state index < -0.39 is 0 Å². The quantitative estimate of drug-likeness (QED) is 0.725. The van der Waals surface area contributed by atoms with Gasteiger partial charge in [-0.05, 0) is 31.9 Å². The van der Waals surface area contributed by atoms with Crippen LogP contribution in [-0.2, 0) is 0 Å². The van der Waals surface area contributed by atoms with E-state index in [1.165, 1.54) is 5.56 Å². The van der Waals surface area contributed by atoms with Gasteiger partial charge in [-0.25, -0.2) is 0 Å². The number of aryl methyl sites for hydroxylation is 1. The largest absolute Gasteiger partial charge is 0.278 e. The van der Waals surface area contributed by atoms with Crippen molar-refractivity contribution in [3.05, 3.63) is 47.8 Å². The van der Waals surface area contributed by atoms with Gasteiger partial charge >= 0.3 is 0 Å². The van der Waals surface area contributed by atoms with Gasteiger partial charge in [-0.1, -0.05) is 30.4 Å². The number of aromatic amines is 1. The highest BCUT2D eigenvalue weighted by Gasteiger charge is 2.02. The SMILES string of the molecule is C\C=C/C=C(\C=C/C)c1[nH]ncc1C. The predicted molar refractivity (Wildman–Crippen MR) is 60.9 cm³/mol. The van der Waals surface area contributed by atoms with Crippen molar-refractivity contribution in [3.8, 4) is 0 Å². The van der Waals surface area contributed by atoms with E-state index in [0.29, 0.717) is 0 Å². The second-order valence-corrected chi connectivity index (χ2v) is 3.08. The van der Waals surface area contributed by atoms with Crippen LogP contribution in [0.15, 0.2) is 36.6 Å². The highest BCUT2D eigenvalue weighted by molar-refractivity contribution is 5.74. The lowest BCUT2D eigenvalue weighted by Gasteiger charge is -1.98. The van der Waals surface area contributed by atoms with Gasteiger partial charge in [0.1, 0.15) is 0 Å². The standard InChI is InChI=1S/C12H16N2/c1-4-6-8-11(7-5-2)12-10(3)9-13-14-12/h4-9H,1-3H3,(H,13,14)/b6-4-,7-5-,11-8+. The summed E-state index contributed by atoms with van der Waals surface area (Å²) in [6.45, 7) is 6.06. The predicted octanol–water partition coefficient (Wildman–Crippen LogP) is 3.25. The maximum atomic E-state index is 4.01. The number of H-pyrrole nitrogens is 1. The van der Waals surface area contributed by atoms with Crippen LogP contribution in [-0.4, -0.2) is 10.2 Å². The summed E-state index contributed by atoms with van der Waals surface area (Å²) in [6.07, 6.45) is 12.0. The molecule has 2 heteroatoms. The number of hydrogen-bond acceptors (Lipinski definition) is 1. The first-order valence-corrected chi connectivity index (χ1v) is 4.75. The fraction of sp³-hybridized carbons (Fsp3) is 0.250. The molecule has 0 aromatic carbocycles. The van der Waals surface area contributed by atoms with Crippen LogP contribution in [0.25, 0.3) is 5.57 Å².